The Balaban J connectivity index is 3.11. The van der Waals surface area contributed by atoms with Gasteiger partial charge in [-0.25, -0.2) is 0 Å². The third-order valence-corrected chi connectivity index (χ3v) is 2.22. The highest BCUT2D eigenvalue weighted by molar-refractivity contribution is 5.45. The number of hydrogen-bond acceptors (Lipinski definition) is 3. The number of hydrogen-bond donors (Lipinski definition) is 2. The van der Waals surface area contributed by atoms with Gasteiger partial charge in [0.1, 0.15) is 11.5 Å². The quantitative estimate of drug-likeness (QED) is 0.770. The fraction of sp³-hybridized carbons (Fsp3) is 0.455. The largest absolute Gasteiger partial charge is 0.507 e. The fourth-order valence-corrected chi connectivity index (χ4v) is 1.48. The maximum atomic E-state index is 9.56. The van der Waals surface area contributed by atoms with E-state index in [1.165, 1.54) is 0 Å². The molecule has 0 saturated carbocycles. The first-order valence-corrected chi connectivity index (χ1v) is 4.81. The number of phenolic OH excluding ortho intramolecular Hbond substituents is 1. The molecule has 0 fully saturated rings. The molecule has 0 heterocycles. The summed E-state index contributed by atoms with van der Waals surface area (Å²) in [7, 11) is 1.61. The smallest absolute Gasteiger partial charge is 0.125 e. The number of aromatic hydroxyl groups is 1. The average Bonchev–Trinajstić information content (AvgIpc) is 2.20. The molecule has 1 aromatic carbocycles. The standard InChI is InChI=1S/C11H17NO2/c1-3-4-8-5-9(7-12)10(13)6-11(8)14-2/h5-6,13H,3-4,7,12H2,1-2H3. The van der Waals surface area contributed by atoms with E-state index in [0.717, 1.165) is 29.7 Å². The maximum absolute atomic E-state index is 9.56. The molecule has 0 spiro atoms. The fourth-order valence-electron chi connectivity index (χ4n) is 1.48. The molecular weight excluding hydrogens is 178 g/mol. The zero-order valence-electron chi connectivity index (χ0n) is 8.71. The Bertz CT molecular complexity index is 310. The third-order valence-electron chi connectivity index (χ3n) is 2.22. The van der Waals surface area contributed by atoms with Crippen molar-refractivity contribution in [1.82, 2.24) is 0 Å². The van der Waals surface area contributed by atoms with Crippen molar-refractivity contribution in [2.24, 2.45) is 5.73 Å². The van der Waals surface area contributed by atoms with E-state index in [1.54, 1.807) is 13.2 Å². The van der Waals surface area contributed by atoms with Crippen LogP contribution in [0.25, 0.3) is 0 Å². The van der Waals surface area contributed by atoms with Gasteiger partial charge in [0.25, 0.3) is 0 Å². The van der Waals surface area contributed by atoms with Crippen LogP contribution in [-0.2, 0) is 13.0 Å². The van der Waals surface area contributed by atoms with Crippen LogP contribution in [0.4, 0.5) is 0 Å². The molecule has 0 aromatic heterocycles. The van der Waals surface area contributed by atoms with Crippen LogP contribution in [0.5, 0.6) is 11.5 Å². The van der Waals surface area contributed by atoms with E-state index in [0.29, 0.717) is 6.54 Å². The predicted octanol–water partition coefficient (Wildman–Crippen LogP) is 1.81. The zero-order chi connectivity index (χ0) is 10.6. The van der Waals surface area contributed by atoms with E-state index in [-0.39, 0.29) is 5.75 Å². The molecule has 0 amide bonds. The summed E-state index contributed by atoms with van der Waals surface area (Å²) in [6.45, 7) is 2.46. The number of benzene rings is 1. The van der Waals surface area contributed by atoms with Crippen molar-refractivity contribution in [2.75, 3.05) is 7.11 Å². The summed E-state index contributed by atoms with van der Waals surface area (Å²) in [5, 5.41) is 9.56. The van der Waals surface area contributed by atoms with Gasteiger partial charge in [0.15, 0.2) is 0 Å². The van der Waals surface area contributed by atoms with Gasteiger partial charge in [-0.2, -0.15) is 0 Å². The lowest BCUT2D eigenvalue weighted by atomic mass is 10.0. The first-order chi connectivity index (χ1) is 6.72. The van der Waals surface area contributed by atoms with E-state index >= 15 is 0 Å². The Morgan fingerprint density at radius 1 is 1.36 bits per heavy atom. The second kappa shape index (κ2) is 4.86. The predicted molar refractivity (Wildman–Crippen MR) is 56.5 cm³/mol. The zero-order valence-corrected chi connectivity index (χ0v) is 8.71. The molecule has 3 heteroatoms. The number of methoxy groups -OCH3 is 1. The lowest BCUT2D eigenvalue weighted by Gasteiger charge is -2.11. The van der Waals surface area contributed by atoms with Crippen LogP contribution in [0.15, 0.2) is 12.1 Å². The molecule has 3 nitrogen and oxygen atoms in total. The van der Waals surface area contributed by atoms with Gasteiger partial charge in [0.05, 0.1) is 7.11 Å². The van der Waals surface area contributed by atoms with Crippen molar-refractivity contribution in [3.8, 4) is 11.5 Å². The van der Waals surface area contributed by atoms with Crippen LogP contribution < -0.4 is 10.5 Å². The maximum Gasteiger partial charge on any atom is 0.125 e. The van der Waals surface area contributed by atoms with Gasteiger partial charge in [-0.1, -0.05) is 13.3 Å². The minimum Gasteiger partial charge on any atom is -0.507 e. The van der Waals surface area contributed by atoms with Gasteiger partial charge in [-0.3, -0.25) is 0 Å². The van der Waals surface area contributed by atoms with Crippen LogP contribution in [0.3, 0.4) is 0 Å². The minimum absolute atomic E-state index is 0.212. The van der Waals surface area contributed by atoms with Crippen molar-refractivity contribution in [1.29, 1.82) is 0 Å². The summed E-state index contributed by atoms with van der Waals surface area (Å²) in [4.78, 5) is 0. The average molecular weight is 195 g/mol. The Morgan fingerprint density at radius 2 is 2.07 bits per heavy atom. The summed E-state index contributed by atoms with van der Waals surface area (Å²) < 4.78 is 5.18. The highest BCUT2D eigenvalue weighted by Crippen LogP contribution is 2.28. The molecule has 0 bridgehead atoms. The lowest BCUT2D eigenvalue weighted by molar-refractivity contribution is 0.401. The molecule has 0 aliphatic rings. The van der Waals surface area contributed by atoms with E-state index in [4.69, 9.17) is 10.5 Å². The number of aryl methyl sites for hydroxylation is 1. The summed E-state index contributed by atoms with van der Waals surface area (Å²) >= 11 is 0. The normalized spacial score (nSPS) is 10.2. The molecule has 1 aromatic rings. The molecule has 3 N–H and O–H groups in total. The molecule has 14 heavy (non-hydrogen) atoms. The van der Waals surface area contributed by atoms with Gasteiger partial charge in [0.2, 0.25) is 0 Å². The van der Waals surface area contributed by atoms with Crippen molar-refractivity contribution < 1.29 is 9.84 Å². The van der Waals surface area contributed by atoms with Gasteiger partial charge in [-0.15, -0.1) is 0 Å². The van der Waals surface area contributed by atoms with Crippen molar-refractivity contribution in [3.05, 3.63) is 23.3 Å². The van der Waals surface area contributed by atoms with E-state index in [1.807, 2.05) is 6.07 Å². The highest BCUT2D eigenvalue weighted by atomic mass is 16.5. The number of ether oxygens (including phenoxy) is 1. The minimum atomic E-state index is 0.212. The molecule has 0 saturated heterocycles. The van der Waals surface area contributed by atoms with Gasteiger partial charge in [-0.05, 0) is 18.1 Å². The Hall–Kier alpha value is -1.22. The molecule has 0 aliphatic carbocycles. The molecule has 1 rings (SSSR count). The van der Waals surface area contributed by atoms with Crippen LogP contribution in [0.2, 0.25) is 0 Å². The highest BCUT2D eigenvalue weighted by Gasteiger charge is 2.07. The van der Waals surface area contributed by atoms with Crippen molar-refractivity contribution >= 4 is 0 Å². The summed E-state index contributed by atoms with van der Waals surface area (Å²) in [6, 6.07) is 3.55. The van der Waals surface area contributed by atoms with Crippen molar-refractivity contribution in [2.45, 2.75) is 26.3 Å². The second-order valence-corrected chi connectivity index (χ2v) is 3.25. The van der Waals surface area contributed by atoms with Gasteiger partial charge in [0, 0.05) is 18.2 Å². The van der Waals surface area contributed by atoms with Crippen LogP contribution >= 0.6 is 0 Å². The summed E-state index contributed by atoms with van der Waals surface area (Å²) in [5.74, 6) is 0.950. The molecular formula is C11H17NO2. The van der Waals surface area contributed by atoms with Crippen LogP contribution in [0.1, 0.15) is 24.5 Å². The summed E-state index contributed by atoms with van der Waals surface area (Å²) in [6.07, 6.45) is 1.99. The third kappa shape index (κ3) is 2.17. The second-order valence-electron chi connectivity index (χ2n) is 3.25. The summed E-state index contributed by atoms with van der Waals surface area (Å²) in [5.41, 5.74) is 7.38. The van der Waals surface area contributed by atoms with Gasteiger partial charge >= 0.3 is 0 Å². The van der Waals surface area contributed by atoms with Crippen LogP contribution in [-0.4, -0.2) is 12.2 Å². The Kier molecular flexibility index (Phi) is 3.77. The number of nitrogens with two attached hydrogens (primary N) is 1. The van der Waals surface area contributed by atoms with Crippen molar-refractivity contribution in [3.63, 3.8) is 0 Å². The Morgan fingerprint density at radius 3 is 2.57 bits per heavy atom. The van der Waals surface area contributed by atoms with E-state index in [9.17, 15) is 5.11 Å². The first-order valence-electron chi connectivity index (χ1n) is 4.81. The SMILES string of the molecule is CCCc1cc(CN)c(O)cc1OC. The number of rotatable bonds is 4. The molecule has 0 radical (unpaired) electrons. The van der Waals surface area contributed by atoms with Crippen LogP contribution in [0, 0.1) is 0 Å². The Labute approximate surface area is 84.5 Å². The lowest BCUT2D eigenvalue weighted by Crippen LogP contribution is -2.00. The van der Waals surface area contributed by atoms with Gasteiger partial charge < -0.3 is 15.6 Å². The van der Waals surface area contributed by atoms with E-state index in [2.05, 4.69) is 6.92 Å². The topological polar surface area (TPSA) is 55.5 Å². The molecule has 0 atom stereocenters. The first kappa shape index (κ1) is 10.9. The molecule has 78 valence electrons. The van der Waals surface area contributed by atoms with E-state index < -0.39 is 0 Å². The molecule has 0 unspecified atom stereocenters. The number of phenols is 1. The monoisotopic (exact) mass is 195 g/mol. The molecule has 0 aliphatic heterocycles.